The van der Waals surface area contributed by atoms with Crippen molar-refractivity contribution in [3.63, 3.8) is 0 Å². The maximum atomic E-state index is 12.4. The Hall–Kier alpha value is -0.570. The molecule has 0 spiro atoms. The molecule has 3 fully saturated rings. The number of aliphatic imine (C=N–C) groups is 1. The Bertz CT molecular complexity index is 552. The molecule has 5 unspecified atom stereocenters. The summed E-state index contributed by atoms with van der Waals surface area (Å²) in [7, 11) is 1.83. The van der Waals surface area contributed by atoms with Crippen LogP contribution in [0.5, 0.6) is 0 Å². The number of rotatable bonds is 4. The molecule has 2 aliphatic carbocycles. The second-order valence-corrected chi connectivity index (χ2v) is 9.13. The summed E-state index contributed by atoms with van der Waals surface area (Å²) >= 11 is 0. The van der Waals surface area contributed by atoms with Crippen LogP contribution in [0.3, 0.4) is 0 Å². The monoisotopic (exact) mass is 492 g/mol. The average molecular weight is 492 g/mol. The Morgan fingerprint density at radius 3 is 2.59 bits per heavy atom. The van der Waals surface area contributed by atoms with Crippen LogP contribution in [0.25, 0.3) is 0 Å². The fourth-order valence-electron chi connectivity index (χ4n) is 5.09. The van der Waals surface area contributed by atoms with Gasteiger partial charge in [-0.25, -0.2) is 0 Å². The molecule has 27 heavy (non-hydrogen) atoms. The lowest BCUT2D eigenvalue weighted by Gasteiger charge is -2.55. The van der Waals surface area contributed by atoms with E-state index in [1.54, 1.807) is 0 Å². The van der Waals surface area contributed by atoms with Gasteiger partial charge in [0.2, 0.25) is 5.91 Å². The minimum atomic E-state index is 0. The average Bonchev–Trinajstić information content (AvgIpc) is 3.05. The lowest BCUT2D eigenvalue weighted by Crippen LogP contribution is -2.68. The lowest BCUT2D eigenvalue weighted by molar-refractivity contribution is -0.126. The number of hydrogen-bond acceptors (Lipinski definition) is 3. The molecule has 0 radical (unpaired) electrons. The van der Waals surface area contributed by atoms with Gasteiger partial charge >= 0.3 is 0 Å². The molecule has 3 aliphatic rings. The van der Waals surface area contributed by atoms with Gasteiger partial charge in [0.25, 0.3) is 0 Å². The van der Waals surface area contributed by atoms with Crippen molar-refractivity contribution in [3.05, 3.63) is 0 Å². The predicted octanol–water partition coefficient (Wildman–Crippen LogP) is 2.67. The standard InChI is InChI=1S/C20H36N4O2.HI/c1-12(2)22-18(25)13-7-6-8-14(11-13)23-19(21-5)24-16-15-9-10-26-17(15)20(16,3)4;/h12-17H,6-11H2,1-5H3,(H,22,25)(H2,21,23,24);1H. The van der Waals surface area contributed by atoms with E-state index in [0.29, 0.717) is 24.1 Å². The van der Waals surface area contributed by atoms with Crippen LogP contribution in [0.2, 0.25) is 0 Å². The van der Waals surface area contributed by atoms with Crippen molar-refractivity contribution in [3.8, 4) is 0 Å². The van der Waals surface area contributed by atoms with E-state index in [0.717, 1.165) is 44.7 Å². The van der Waals surface area contributed by atoms with Crippen molar-refractivity contribution in [2.75, 3.05) is 13.7 Å². The number of ether oxygens (including phenoxy) is 1. The third kappa shape index (κ3) is 4.89. The van der Waals surface area contributed by atoms with E-state index in [2.05, 4.69) is 34.8 Å². The van der Waals surface area contributed by atoms with Gasteiger partial charge in [-0.2, -0.15) is 0 Å². The SMILES string of the molecule is CN=C(NC1CCCC(C(=O)NC(C)C)C1)NC1C2CCOC2C1(C)C.I. The number of hydrogen-bond donors (Lipinski definition) is 3. The molecule has 3 rings (SSSR count). The van der Waals surface area contributed by atoms with Crippen LogP contribution in [0.15, 0.2) is 4.99 Å². The van der Waals surface area contributed by atoms with E-state index in [1.807, 2.05) is 20.9 Å². The molecule has 0 aromatic rings. The first-order chi connectivity index (χ1) is 12.3. The van der Waals surface area contributed by atoms with Crippen molar-refractivity contribution in [1.29, 1.82) is 0 Å². The van der Waals surface area contributed by atoms with E-state index in [-0.39, 0.29) is 47.3 Å². The topological polar surface area (TPSA) is 74.8 Å². The highest BCUT2D eigenvalue weighted by molar-refractivity contribution is 14.0. The van der Waals surface area contributed by atoms with Crippen LogP contribution in [-0.4, -0.2) is 49.8 Å². The molecule has 0 aromatic carbocycles. The summed E-state index contributed by atoms with van der Waals surface area (Å²) in [5.74, 6) is 1.75. The lowest BCUT2D eigenvalue weighted by atomic mass is 9.57. The fourth-order valence-corrected chi connectivity index (χ4v) is 5.09. The molecule has 6 nitrogen and oxygen atoms in total. The first kappa shape index (κ1) is 22.7. The highest BCUT2D eigenvalue weighted by atomic mass is 127. The number of fused-ring (bicyclic) bond motifs is 1. The number of guanidine groups is 1. The highest BCUT2D eigenvalue weighted by Gasteiger charge is 2.59. The van der Waals surface area contributed by atoms with Crippen LogP contribution >= 0.6 is 24.0 Å². The molecular formula is C20H37IN4O2. The zero-order chi connectivity index (χ0) is 18.9. The van der Waals surface area contributed by atoms with Crippen molar-refractivity contribution < 1.29 is 9.53 Å². The van der Waals surface area contributed by atoms with Gasteiger partial charge in [-0.1, -0.05) is 20.3 Å². The Kier molecular flexibility index (Phi) is 7.81. The zero-order valence-electron chi connectivity index (χ0n) is 17.4. The van der Waals surface area contributed by atoms with Crippen LogP contribution in [0, 0.1) is 17.3 Å². The summed E-state index contributed by atoms with van der Waals surface area (Å²) < 4.78 is 5.89. The number of amides is 1. The molecule has 156 valence electrons. The molecule has 3 N–H and O–H groups in total. The van der Waals surface area contributed by atoms with Gasteiger partial charge in [0.1, 0.15) is 0 Å². The van der Waals surface area contributed by atoms with Crippen molar-refractivity contribution in [1.82, 2.24) is 16.0 Å². The molecule has 0 aromatic heterocycles. The van der Waals surface area contributed by atoms with Gasteiger partial charge in [-0.05, 0) is 39.5 Å². The third-order valence-electron chi connectivity index (χ3n) is 6.43. The number of carbonyl (C=O) groups excluding carboxylic acids is 1. The number of nitrogens with one attached hydrogen (secondary N) is 3. The van der Waals surface area contributed by atoms with E-state index >= 15 is 0 Å². The number of halogens is 1. The molecule has 1 amide bonds. The zero-order valence-corrected chi connectivity index (χ0v) is 19.7. The summed E-state index contributed by atoms with van der Waals surface area (Å²) in [6, 6.07) is 0.897. The maximum absolute atomic E-state index is 12.4. The summed E-state index contributed by atoms with van der Waals surface area (Å²) in [5.41, 5.74) is 0.130. The molecule has 1 aliphatic heterocycles. The van der Waals surface area contributed by atoms with Crippen molar-refractivity contribution >= 4 is 35.8 Å². The molecule has 0 bridgehead atoms. The minimum Gasteiger partial charge on any atom is -0.377 e. The molecule has 1 saturated heterocycles. The van der Waals surface area contributed by atoms with Gasteiger partial charge in [-0.15, -0.1) is 24.0 Å². The minimum absolute atomic E-state index is 0. The molecule has 1 heterocycles. The summed E-state index contributed by atoms with van der Waals surface area (Å²) in [5, 5.41) is 10.3. The van der Waals surface area contributed by atoms with Gasteiger partial charge in [0, 0.05) is 49.0 Å². The Labute approximate surface area is 181 Å². The maximum Gasteiger partial charge on any atom is 0.223 e. The first-order valence-corrected chi connectivity index (χ1v) is 10.2. The second-order valence-electron chi connectivity index (χ2n) is 9.13. The van der Waals surface area contributed by atoms with Gasteiger partial charge in [0.05, 0.1) is 6.10 Å². The van der Waals surface area contributed by atoms with Crippen LogP contribution < -0.4 is 16.0 Å². The quantitative estimate of drug-likeness (QED) is 0.321. The largest absolute Gasteiger partial charge is 0.377 e. The summed E-state index contributed by atoms with van der Waals surface area (Å²) in [4.78, 5) is 16.8. The second kappa shape index (κ2) is 9.29. The van der Waals surface area contributed by atoms with Crippen LogP contribution in [0.4, 0.5) is 0 Å². The smallest absolute Gasteiger partial charge is 0.223 e. The van der Waals surface area contributed by atoms with Crippen molar-refractivity contribution in [2.24, 2.45) is 22.2 Å². The van der Waals surface area contributed by atoms with Gasteiger partial charge in [-0.3, -0.25) is 9.79 Å². The number of nitrogens with zero attached hydrogens (tertiary/aromatic N) is 1. The molecule has 5 atom stereocenters. The first-order valence-electron chi connectivity index (χ1n) is 10.2. The fraction of sp³-hybridized carbons (Fsp3) is 0.900. The summed E-state index contributed by atoms with van der Waals surface area (Å²) in [6.07, 6.45) is 5.54. The van der Waals surface area contributed by atoms with Crippen LogP contribution in [-0.2, 0) is 9.53 Å². The van der Waals surface area contributed by atoms with E-state index in [9.17, 15) is 4.79 Å². The number of carbonyl (C=O) groups is 1. The molecular weight excluding hydrogens is 455 g/mol. The normalized spacial score (nSPS) is 34.9. The Morgan fingerprint density at radius 1 is 1.19 bits per heavy atom. The van der Waals surface area contributed by atoms with E-state index < -0.39 is 0 Å². The van der Waals surface area contributed by atoms with Crippen LogP contribution in [0.1, 0.15) is 59.8 Å². The summed E-state index contributed by atoms with van der Waals surface area (Å²) in [6.45, 7) is 9.46. The van der Waals surface area contributed by atoms with Gasteiger partial charge in [0.15, 0.2) is 5.96 Å². The third-order valence-corrected chi connectivity index (χ3v) is 6.43. The Morgan fingerprint density at radius 2 is 1.93 bits per heavy atom. The predicted molar refractivity (Wildman–Crippen MR) is 119 cm³/mol. The van der Waals surface area contributed by atoms with Gasteiger partial charge < -0.3 is 20.7 Å². The van der Waals surface area contributed by atoms with E-state index in [4.69, 9.17) is 4.74 Å². The Balaban J connectivity index is 0.00000261. The highest BCUT2D eigenvalue weighted by Crippen LogP contribution is 2.52. The van der Waals surface area contributed by atoms with Crippen molar-refractivity contribution in [2.45, 2.75) is 84.0 Å². The molecule has 2 saturated carbocycles. The van der Waals surface area contributed by atoms with E-state index in [1.165, 1.54) is 0 Å². The molecule has 7 heteroatoms.